The summed E-state index contributed by atoms with van der Waals surface area (Å²) in [5.74, 6) is 0. The fourth-order valence-electron chi connectivity index (χ4n) is 1.73. The highest BCUT2D eigenvalue weighted by Gasteiger charge is 2.30. The molecule has 1 heterocycles. The van der Waals surface area contributed by atoms with Crippen LogP contribution in [0.1, 0.15) is 11.1 Å². The molecule has 3 nitrogen and oxygen atoms in total. The summed E-state index contributed by atoms with van der Waals surface area (Å²) in [7, 11) is 0. The second-order valence-corrected chi connectivity index (χ2v) is 4.10. The minimum absolute atomic E-state index is 0.122. The summed E-state index contributed by atoms with van der Waals surface area (Å²) < 4.78 is 47.6. The largest absolute Gasteiger partial charge is 0.416 e. The van der Waals surface area contributed by atoms with Gasteiger partial charge in [-0.15, -0.1) is 0 Å². The van der Waals surface area contributed by atoms with Gasteiger partial charge in [0.15, 0.2) is 6.29 Å². The number of benzene rings is 1. The number of alkyl halides is 3. The number of aliphatic hydroxyl groups is 1. The van der Waals surface area contributed by atoms with E-state index in [0.29, 0.717) is 18.6 Å². The number of ether oxygens (including phenoxy) is 2. The molecule has 1 aromatic rings. The molecule has 18 heavy (non-hydrogen) atoms. The first-order chi connectivity index (χ1) is 8.49. The van der Waals surface area contributed by atoms with Gasteiger partial charge in [0, 0.05) is 6.42 Å². The maximum Gasteiger partial charge on any atom is 0.416 e. The third-order valence-electron chi connectivity index (χ3n) is 2.70. The van der Waals surface area contributed by atoms with Gasteiger partial charge >= 0.3 is 6.18 Å². The molecule has 1 saturated heterocycles. The highest BCUT2D eigenvalue weighted by atomic mass is 19.4. The normalized spacial score (nSPS) is 24.4. The highest BCUT2D eigenvalue weighted by Crippen LogP contribution is 2.29. The second kappa shape index (κ2) is 5.26. The lowest BCUT2D eigenvalue weighted by molar-refractivity contribution is -0.137. The van der Waals surface area contributed by atoms with E-state index in [-0.39, 0.29) is 12.7 Å². The zero-order valence-corrected chi connectivity index (χ0v) is 9.48. The standard InChI is InChI=1S/C12H13F3O3/c13-12(14,15)9-3-1-8(2-4-9)5-11-17-7-10(6-16)18-11/h1-4,10-11,16H,5-7H2. The van der Waals surface area contributed by atoms with Gasteiger partial charge < -0.3 is 14.6 Å². The molecule has 0 saturated carbocycles. The van der Waals surface area contributed by atoms with Crippen LogP contribution in [-0.4, -0.2) is 30.7 Å². The van der Waals surface area contributed by atoms with E-state index in [9.17, 15) is 13.2 Å². The van der Waals surface area contributed by atoms with Crippen molar-refractivity contribution in [3.05, 3.63) is 35.4 Å². The molecule has 2 unspecified atom stereocenters. The first kappa shape index (κ1) is 13.3. The van der Waals surface area contributed by atoms with Crippen LogP contribution >= 0.6 is 0 Å². The van der Waals surface area contributed by atoms with E-state index in [1.165, 1.54) is 12.1 Å². The first-order valence-electron chi connectivity index (χ1n) is 5.53. The predicted molar refractivity (Wildman–Crippen MR) is 56.8 cm³/mol. The quantitative estimate of drug-likeness (QED) is 0.905. The van der Waals surface area contributed by atoms with Crippen molar-refractivity contribution < 1.29 is 27.8 Å². The molecular weight excluding hydrogens is 249 g/mol. The average Bonchev–Trinajstić information content (AvgIpc) is 2.76. The van der Waals surface area contributed by atoms with Crippen molar-refractivity contribution in [2.24, 2.45) is 0 Å². The zero-order chi connectivity index (χ0) is 13.2. The van der Waals surface area contributed by atoms with Crippen molar-refractivity contribution in [1.29, 1.82) is 0 Å². The summed E-state index contributed by atoms with van der Waals surface area (Å²) in [5, 5.41) is 8.85. The van der Waals surface area contributed by atoms with Gasteiger partial charge in [-0.2, -0.15) is 13.2 Å². The van der Waals surface area contributed by atoms with Crippen molar-refractivity contribution in [3.8, 4) is 0 Å². The summed E-state index contributed by atoms with van der Waals surface area (Å²) in [6.45, 7) is 0.186. The van der Waals surface area contributed by atoms with Crippen LogP contribution in [0.4, 0.5) is 13.2 Å². The molecule has 0 amide bonds. The molecule has 100 valence electrons. The minimum Gasteiger partial charge on any atom is -0.394 e. The molecule has 1 aliphatic rings. The third-order valence-corrected chi connectivity index (χ3v) is 2.70. The lowest BCUT2D eigenvalue weighted by atomic mass is 10.1. The van der Waals surface area contributed by atoms with Crippen molar-refractivity contribution in [2.45, 2.75) is 25.0 Å². The van der Waals surface area contributed by atoms with Crippen LogP contribution in [0.25, 0.3) is 0 Å². The van der Waals surface area contributed by atoms with Crippen molar-refractivity contribution in [1.82, 2.24) is 0 Å². The van der Waals surface area contributed by atoms with E-state index in [1.807, 2.05) is 0 Å². The average molecular weight is 262 g/mol. The van der Waals surface area contributed by atoms with E-state index >= 15 is 0 Å². The Morgan fingerprint density at radius 1 is 1.22 bits per heavy atom. The van der Waals surface area contributed by atoms with E-state index in [4.69, 9.17) is 14.6 Å². The summed E-state index contributed by atoms with van der Waals surface area (Å²) >= 11 is 0. The molecule has 2 atom stereocenters. The van der Waals surface area contributed by atoms with Gasteiger partial charge in [0.1, 0.15) is 6.10 Å². The van der Waals surface area contributed by atoms with Gasteiger partial charge in [-0.25, -0.2) is 0 Å². The van der Waals surface area contributed by atoms with Crippen molar-refractivity contribution >= 4 is 0 Å². The molecular formula is C12H13F3O3. The summed E-state index contributed by atoms with van der Waals surface area (Å²) in [6.07, 6.45) is -4.79. The Morgan fingerprint density at radius 3 is 2.39 bits per heavy atom. The van der Waals surface area contributed by atoms with Gasteiger partial charge in [0.05, 0.1) is 18.8 Å². The number of hydrogen-bond acceptors (Lipinski definition) is 3. The van der Waals surface area contributed by atoms with Crippen molar-refractivity contribution in [2.75, 3.05) is 13.2 Å². The van der Waals surface area contributed by atoms with Gasteiger partial charge in [-0.3, -0.25) is 0 Å². The Morgan fingerprint density at radius 2 is 1.89 bits per heavy atom. The maximum atomic E-state index is 12.3. The van der Waals surface area contributed by atoms with Crippen LogP contribution in [0, 0.1) is 0 Å². The Kier molecular flexibility index (Phi) is 3.89. The van der Waals surface area contributed by atoms with Crippen LogP contribution in [0.2, 0.25) is 0 Å². The van der Waals surface area contributed by atoms with E-state index in [2.05, 4.69) is 0 Å². The molecule has 1 fully saturated rings. The Balaban J connectivity index is 1.95. The van der Waals surface area contributed by atoms with Crippen LogP contribution in [0.3, 0.4) is 0 Å². The molecule has 0 aromatic heterocycles. The molecule has 1 aromatic carbocycles. The van der Waals surface area contributed by atoms with E-state index in [0.717, 1.165) is 12.1 Å². The lowest BCUT2D eigenvalue weighted by Gasteiger charge is -2.11. The molecule has 6 heteroatoms. The van der Waals surface area contributed by atoms with Crippen LogP contribution in [0.15, 0.2) is 24.3 Å². The van der Waals surface area contributed by atoms with Crippen LogP contribution in [0.5, 0.6) is 0 Å². The molecule has 2 rings (SSSR count). The summed E-state index contributed by atoms with van der Waals surface area (Å²) in [5.41, 5.74) is 0.0272. The third kappa shape index (κ3) is 3.22. The monoisotopic (exact) mass is 262 g/mol. The topological polar surface area (TPSA) is 38.7 Å². The second-order valence-electron chi connectivity index (χ2n) is 4.10. The predicted octanol–water partition coefficient (Wildman–Crippen LogP) is 1.98. The van der Waals surface area contributed by atoms with Gasteiger partial charge in [-0.1, -0.05) is 12.1 Å². The first-order valence-corrected chi connectivity index (χ1v) is 5.53. The number of aliphatic hydroxyl groups excluding tert-OH is 1. The molecule has 1 aliphatic heterocycles. The van der Waals surface area contributed by atoms with Crippen LogP contribution < -0.4 is 0 Å². The number of halogens is 3. The fourth-order valence-corrected chi connectivity index (χ4v) is 1.73. The molecule has 1 N–H and O–H groups in total. The SMILES string of the molecule is OCC1COC(Cc2ccc(C(F)(F)F)cc2)O1. The van der Waals surface area contributed by atoms with Gasteiger partial charge in [0.2, 0.25) is 0 Å². The molecule has 0 aliphatic carbocycles. The lowest BCUT2D eigenvalue weighted by Crippen LogP contribution is -2.17. The van der Waals surface area contributed by atoms with Crippen LogP contribution in [-0.2, 0) is 22.1 Å². The number of hydrogen-bond donors (Lipinski definition) is 1. The molecule has 0 radical (unpaired) electrons. The fraction of sp³-hybridized carbons (Fsp3) is 0.500. The minimum atomic E-state index is -4.32. The summed E-state index contributed by atoms with van der Waals surface area (Å²) in [4.78, 5) is 0. The van der Waals surface area contributed by atoms with E-state index < -0.39 is 18.0 Å². The summed E-state index contributed by atoms with van der Waals surface area (Å²) in [6, 6.07) is 4.88. The smallest absolute Gasteiger partial charge is 0.394 e. The highest BCUT2D eigenvalue weighted by molar-refractivity contribution is 5.24. The Bertz CT molecular complexity index is 389. The van der Waals surface area contributed by atoms with Gasteiger partial charge in [0.25, 0.3) is 0 Å². The zero-order valence-electron chi connectivity index (χ0n) is 9.48. The molecule has 0 spiro atoms. The van der Waals surface area contributed by atoms with Gasteiger partial charge in [-0.05, 0) is 17.7 Å². The maximum absolute atomic E-state index is 12.3. The Labute approximate surface area is 102 Å². The van der Waals surface area contributed by atoms with E-state index in [1.54, 1.807) is 0 Å². The van der Waals surface area contributed by atoms with Crippen molar-refractivity contribution in [3.63, 3.8) is 0 Å². The number of rotatable bonds is 3. The molecule has 0 bridgehead atoms. The Hall–Kier alpha value is -1.11.